The zero-order valence-electron chi connectivity index (χ0n) is 5.81. The Morgan fingerprint density at radius 3 is 2.73 bits per heavy atom. The normalized spacial score (nSPS) is 12.0. The van der Waals surface area contributed by atoms with E-state index in [4.69, 9.17) is 5.26 Å². The van der Waals surface area contributed by atoms with Crippen LogP contribution in [0.4, 0.5) is 0 Å². The molecule has 11 heavy (non-hydrogen) atoms. The summed E-state index contributed by atoms with van der Waals surface area (Å²) in [6.45, 7) is 0. The molecule has 1 heterocycles. The van der Waals surface area contributed by atoms with Crippen LogP contribution in [-0.2, 0) is 0 Å². The quantitative estimate of drug-likeness (QED) is 0.661. The van der Waals surface area contributed by atoms with Crippen LogP contribution in [0.25, 0.3) is 0 Å². The number of aliphatic hydroxyl groups excluding tert-OH is 1. The molecule has 0 aliphatic rings. The van der Waals surface area contributed by atoms with E-state index in [1.54, 1.807) is 6.07 Å². The SMILES string of the molecule is N#CCC(O)c1ncccn1. The van der Waals surface area contributed by atoms with Gasteiger partial charge in [-0.15, -0.1) is 0 Å². The summed E-state index contributed by atoms with van der Waals surface area (Å²) in [5, 5.41) is 17.4. The van der Waals surface area contributed by atoms with Crippen molar-refractivity contribution in [3.63, 3.8) is 0 Å². The Kier molecular flexibility index (Phi) is 2.53. The Hall–Kier alpha value is -1.47. The third-order valence-corrected chi connectivity index (χ3v) is 1.17. The molecule has 1 rings (SSSR count). The third-order valence-electron chi connectivity index (χ3n) is 1.17. The van der Waals surface area contributed by atoms with E-state index in [0.29, 0.717) is 5.82 Å². The number of hydrogen-bond acceptors (Lipinski definition) is 4. The average molecular weight is 149 g/mol. The zero-order chi connectivity index (χ0) is 8.10. The van der Waals surface area contributed by atoms with Gasteiger partial charge < -0.3 is 5.11 Å². The molecule has 56 valence electrons. The number of nitrogens with zero attached hydrogens (tertiary/aromatic N) is 3. The van der Waals surface area contributed by atoms with Crippen LogP contribution >= 0.6 is 0 Å². The van der Waals surface area contributed by atoms with Gasteiger partial charge in [0.1, 0.15) is 6.10 Å². The van der Waals surface area contributed by atoms with Crippen molar-refractivity contribution in [2.24, 2.45) is 0 Å². The maximum atomic E-state index is 9.17. The van der Waals surface area contributed by atoms with Gasteiger partial charge in [-0.05, 0) is 6.07 Å². The van der Waals surface area contributed by atoms with Crippen LogP contribution in [0.3, 0.4) is 0 Å². The fourth-order valence-corrected chi connectivity index (χ4v) is 0.660. The minimum atomic E-state index is -0.860. The molecule has 0 aliphatic heterocycles. The minimum absolute atomic E-state index is 0.0318. The van der Waals surface area contributed by atoms with Gasteiger partial charge in [0.2, 0.25) is 0 Å². The molecular weight excluding hydrogens is 142 g/mol. The van der Waals surface area contributed by atoms with E-state index in [-0.39, 0.29) is 6.42 Å². The van der Waals surface area contributed by atoms with E-state index >= 15 is 0 Å². The predicted octanol–water partition coefficient (Wildman–Crippen LogP) is 0.424. The summed E-state index contributed by atoms with van der Waals surface area (Å²) in [5.41, 5.74) is 0. The second-order valence-corrected chi connectivity index (χ2v) is 1.99. The summed E-state index contributed by atoms with van der Waals surface area (Å²) in [5.74, 6) is 0.300. The Labute approximate surface area is 64.2 Å². The first-order valence-corrected chi connectivity index (χ1v) is 3.16. The van der Waals surface area contributed by atoms with E-state index in [1.165, 1.54) is 12.4 Å². The average Bonchev–Trinajstić information content (AvgIpc) is 2.07. The molecule has 1 atom stereocenters. The molecule has 0 radical (unpaired) electrons. The highest BCUT2D eigenvalue weighted by atomic mass is 16.3. The predicted molar refractivity (Wildman–Crippen MR) is 37.2 cm³/mol. The molecule has 1 aromatic heterocycles. The molecule has 0 aliphatic carbocycles. The highest BCUT2D eigenvalue weighted by molar-refractivity contribution is 4.95. The first-order chi connectivity index (χ1) is 5.34. The summed E-state index contributed by atoms with van der Waals surface area (Å²) in [4.78, 5) is 7.57. The van der Waals surface area contributed by atoms with E-state index < -0.39 is 6.10 Å². The highest BCUT2D eigenvalue weighted by Crippen LogP contribution is 2.08. The Morgan fingerprint density at radius 1 is 1.55 bits per heavy atom. The Morgan fingerprint density at radius 2 is 2.18 bits per heavy atom. The molecule has 0 saturated heterocycles. The summed E-state index contributed by atoms with van der Waals surface area (Å²) in [6, 6.07) is 3.49. The molecule has 1 N–H and O–H groups in total. The first kappa shape index (κ1) is 7.63. The molecular formula is C7H7N3O. The fourth-order valence-electron chi connectivity index (χ4n) is 0.660. The van der Waals surface area contributed by atoms with Gasteiger partial charge in [-0.2, -0.15) is 5.26 Å². The van der Waals surface area contributed by atoms with Crippen LogP contribution in [0.15, 0.2) is 18.5 Å². The van der Waals surface area contributed by atoms with Gasteiger partial charge in [-0.3, -0.25) is 0 Å². The molecule has 0 fully saturated rings. The van der Waals surface area contributed by atoms with Crippen molar-refractivity contribution in [1.82, 2.24) is 9.97 Å². The van der Waals surface area contributed by atoms with Gasteiger partial charge in [-0.1, -0.05) is 0 Å². The highest BCUT2D eigenvalue weighted by Gasteiger charge is 2.07. The van der Waals surface area contributed by atoms with Crippen molar-refractivity contribution >= 4 is 0 Å². The monoisotopic (exact) mass is 149 g/mol. The molecule has 0 aromatic carbocycles. The molecule has 1 aromatic rings. The minimum Gasteiger partial charge on any atom is -0.384 e. The maximum Gasteiger partial charge on any atom is 0.157 e. The summed E-state index contributed by atoms with van der Waals surface area (Å²) >= 11 is 0. The molecule has 0 spiro atoms. The van der Waals surface area contributed by atoms with Crippen molar-refractivity contribution in [2.75, 3.05) is 0 Å². The Balaban J connectivity index is 2.70. The van der Waals surface area contributed by atoms with Gasteiger partial charge in [0.05, 0.1) is 12.5 Å². The lowest BCUT2D eigenvalue weighted by molar-refractivity contribution is 0.173. The lowest BCUT2D eigenvalue weighted by Gasteiger charge is -2.01. The number of hydrogen-bond donors (Lipinski definition) is 1. The van der Waals surface area contributed by atoms with Crippen LogP contribution < -0.4 is 0 Å². The largest absolute Gasteiger partial charge is 0.384 e. The number of rotatable bonds is 2. The summed E-state index contributed by atoms with van der Waals surface area (Å²) < 4.78 is 0. The van der Waals surface area contributed by atoms with Crippen LogP contribution in [0, 0.1) is 11.3 Å². The van der Waals surface area contributed by atoms with Gasteiger partial charge in [0.15, 0.2) is 5.82 Å². The van der Waals surface area contributed by atoms with Crippen LogP contribution in [0.1, 0.15) is 18.3 Å². The zero-order valence-corrected chi connectivity index (χ0v) is 5.81. The van der Waals surface area contributed by atoms with Gasteiger partial charge in [0.25, 0.3) is 0 Å². The second kappa shape index (κ2) is 3.64. The fraction of sp³-hybridized carbons (Fsp3) is 0.286. The third kappa shape index (κ3) is 1.99. The number of aromatic nitrogens is 2. The van der Waals surface area contributed by atoms with E-state index in [1.807, 2.05) is 6.07 Å². The van der Waals surface area contributed by atoms with E-state index in [9.17, 15) is 5.11 Å². The topological polar surface area (TPSA) is 69.8 Å². The van der Waals surface area contributed by atoms with Crippen LogP contribution in [0.2, 0.25) is 0 Å². The lowest BCUT2D eigenvalue weighted by atomic mass is 10.2. The van der Waals surface area contributed by atoms with Crippen LogP contribution in [-0.4, -0.2) is 15.1 Å². The van der Waals surface area contributed by atoms with Crippen LogP contribution in [0.5, 0.6) is 0 Å². The number of nitriles is 1. The lowest BCUT2D eigenvalue weighted by Crippen LogP contribution is -2.01. The Bertz CT molecular complexity index is 254. The molecule has 0 saturated carbocycles. The van der Waals surface area contributed by atoms with Crippen molar-refractivity contribution in [3.05, 3.63) is 24.3 Å². The standard InChI is InChI=1S/C7H7N3O/c8-3-2-6(11)7-9-4-1-5-10-7/h1,4-6,11H,2H2. The van der Waals surface area contributed by atoms with Gasteiger partial charge >= 0.3 is 0 Å². The molecule has 4 heteroatoms. The summed E-state index contributed by atoms with van der Waals surface area (Å²) in [6.07, 6.45) is 2.23. The smallest absolute Gasteiger partial charge is 0.157 e. The van der Waals surface area contributed by atoms with Crippen molar-refractivity contribution < 1.29 is 5.11 Å². The first-order valence-electron chi connectivity index (χ1n) is 3.16. The van der Waals surface area contributed by atoms with Crippen molar-refractivity contribution in [1.29, 1.82) is 5.26 Å². The van der Waals surface area contributed by atoms with Gasteiger partial charge in [-0.25, -0.2) is 9.97 Å². The number of aliphatic hydroxyl groups is 1. The maximum absolute atomic E-state index is 9.17. The van der Waals surface area contributed by atoms with Gasteiger partial charge in [0, 0.05) is 12.4 Å². The van der Waals surface area contributed by atoms with Crippen molar-refractivity contribution in [2.45, 2.75) is 12.5 Å². The molecule has 0 bridgehead atoms. The second-order valence-electron chi connectivity index (χ2n) is 1.99. The molecule has 1 unspecified atom stereocenters. The molecule has 4 nitrogen and oxygen atoms in total. The summed E-state index contributed by atoms with van der Waals surface area (Å²) in [7, 11) is 0. The van der Waals surface area contributed by atoms with E-state index in [0.717, 1.165) is 0 Å². The van der Waals surface area contributed by atoms with E-state index in [2.05, 4.69) is 9.97 Å². The van der Waals surface area contributed by atoms with Crippen molar-refractivity contribution in [3.8, 4) is 6.07 Å². The molecule has 0 amide bonds.